The van der Waals surface area contributed by atoms with E-state index in [9.17, 15) is 9.59 Å². The lowest BCUT2D eigenvalue weighted by molar-refractivity contribution is -0.144. The molecule has 0 aliphatic carbocycles. The van der Waals surface area contributed by atoms with E-state index in [4.69, 9.17) is 0 Å². The van der Waals surface area contributed by atoms with Crippen molar-refractivity contribution in [2.24, 2.45) is 5.92 Å². The van der Waals surface area contributed by atoms with Crippen LogP contribution in [-0.2, 0) is 9.53 Å². The molecule has 1 amide bonds. The molecule has 0 saturated carbocycles. The van der Waals surface area contributed by atoms with Gasteiger partial charge in [0.15, 0.2) is 0 Å². The number of hydrogen-bond donors (Lipinski definition) is 1. The number of aryl methyl sites for hydroxylation is 1. The Bertz CT molecular complexity index is 413. The molecule has 0 spiro atoms. The number of nitrogens with zero attached hydrogens (tertiary/aromatic N) is 2. The Balaban J connectivity index is 2.74. The number of amides is 1. The molecule has 1 unspecified atom stereocenters. The highest BCUT2D eigenvalue weighted by Crippen LogP contribution is 2.05. The maximum absolute atomic E-state index is 11.7. The van der Waals surface area contributed by atoms with E-state index < -0.39 is 17.9 Å². The van der Waals surface area contributed by atoms with E-state index in [0.29, 0.717) is 0 Å². The summed E-state index contributed by atoms with van der Waals surface area (Å²) in [6.45, 7) is 5.16. The summed E-state index contributed by atoms with van der Waals surface area (Å²) in [7, 11) is 1.27. The number of carbonyl (C=O) groups excluding carboxylic acids is 2. The van der Waals surface area contributed by atoms with E-state index in [1.54, 1.807) is 20.8 Å². The normalized spacial score (nSPS) is 12.3. The van der Waals surface area contributed by atoms with Crippen molar-refractivity contribution in [2.45, 2.75) is 26.8 Å². The SMILES string of the molecule is COC(=O)C(NC(=O)c1noc(C)n1)C(C)C. The van der Waals surface area contributed by atoms with Gasteiger partial charge in [0.1, 0.15) is 6.04 Å². The monoisotopic (exact) mass is 241 g/mol. The molecule has 1 atom stereocenters. The second-order valence-electron chi connectivity index (χ2n) is 3.86. The van der Waals surface area contributed by atoms with Gasteiger partial charge < -0.3 is 14.6 Å². The van der Waals surface area contributed by atoms with Gasteiger partial charge in [-0.3, -0.25) is 4.79 Å². The van der Waals surface area contributed by atoms with Crippen molar-refractivity contribution in [3.05, 3.63) is 11.7 Å². The Hall–Kier alpha value is -1.92. The first-order chi connectivity index (χ1) is 7.95. The number of carbonyl (C=O) groups is 2. The van der Waals surface area contributed by atoms with E-state index >= 15 is 0 Å². The second-order valence-corrected chi connectivity index (χ2v) is 3.86. The van der Waals surface area contributed by atoms with Crippen molar-refractivity contribution in [3.8, 4) is 0 Å². The molecule has 0 fully saturated rings. The molecule has 1 N–H and O–H groups in total. The van der Waals surface area contributed by atoms with Gasteiger partial charge in [-0.1, -0.05) is 19.0 Å². The third-order valence-corrected chi connectivity index (χ3v) is 2.14. The van der Waals surface area contributed by atoms with Crippen molar-refractivity contribution < 1.29 is 18.8 Å². The zero-order valence-corrected chi connectivity index (χ0v) is 10.2. The molecule has 7 nitrogen and oxygen atoms in total. The van der Waals surface area contributed by atoms with Crippen LogP contribution in [0.25, 0.3) is 0 Å². The minimum Gasteiger partial charge on any atom is -0.467 e. The summed E-state index contributed by atoms with van der Waals surface area (Å²) in [6.07, 6.45) is 0. The average molecular weight is 241 g/mol. The molecule has 1 aromatic heterocycles. The Morgan fingerprint density at radius 2 is 2.06 bits per heavy atom. The molecule has 17 heavy (non-hydrogen) atoms. The van der Waals surface area contributed by atoms with E-state index in [-0.39, 0.29) is 17.6 Å². The molecule has 94 valence electrons. The lowest BCUT2D eigenvalue weighted by Gasteiger charge is -2.18. The fraction of sp³-hybridized carbons (Fsp3) is 0.600. The first-order valence-corrected chi connectivity index (χ1v) is 5.14. The van der Waals surface area contributed by atoms with E-state index in [0.717, 1.165) is 0 Å². The van der Waals surface area contributed by atoms with Gasteiger partial charge in [0.25, 0.3) is 11.7 Å². The van der Waals surface area contributed by atoms with Crippen molar-refractivity contribution >= 4 is 11.9 Å². The third-order valence-electron chi connectivity index (χ3n) is 2.14. The molecule has 1 rings (SSSR count). The number of nitrogens with one attached hydrogen (secondary N) is 1. The van der Waals surface area contributed by atoms with Crippen LogP contribution in [0, 0.1) is 12.8 Å². The Labute approximate surface area is 98.5 Å². The molecule has 0 aromatic carbocycles. The van der Waals surface area contributed by atoms with E-state index in [2.05, 4.69) is 24.7 Å². The predicted octanol–water partition coefficient (Wildman–Crippen LogP) is 0.305. The van der Waals surface area contributed by atoms with Crippen LogP contribution < -0.4 is 5.32 Å². The van der Waals surface area contributed by atoms with Crippen LogP contribution in [0.1, 0.15) is 30.4 Å². The maximum atomic E-state index is 11.7. The molecular weight excluding hydrogens is 226 g/mol. The highest BCUT2D eigenvalue weighted by molar-refractivity contribution is 5.93. The largest absolute Gasteiger partial charge is 0.467 e. The minimum atomic E-state index is -0.730. The third kappa shape index (κ3) is 3.27. The molecule has 0 saturated heterocycles. The van der Waals surface area contributed by atoms with Gasteiger partial charge in [-0.05, 0) is 5.92 Å². The van der Waals surface area contributed by atoms with Gasteiger partial charge >= 0.3 is 5.97 Å². The molecule has 0 radical (unpaired) electrons. The first kappa shape index (κ1) is 13.1. The van der Waals surface area contributed by atoms with Gasteiger partial charge in [-0.25, -0.2) is 4.79 Å². The Kier molecular flexibility index (Phi) is 4.19. The summed E-state index contributed by atoms with van der Waals surface area (Å²) in [5, 5.41) is 5.96. The number of ether oxygens (including phenoxy) is 1. The zero-order valence-electron chi connectivity index (χ0n) is 10.2. The number of rotatable bonds is 4. The average Bonchev–Trinajstić information content (AvgIpc) is 2.71. The smallest absolute Gasteiger partial charge is 0.328 e. The molecular formula is C10H15N3O4. The maximum Gasteiger partial charge on any atom is 0.328 e. The van der Waals surface area contributed by atoms with E-state index in [1.165, 1.54) is 7.11 Å². The van der Waals surface area contributed by atoms with E-state index in [1.807, 2.05) is 0 Å². The lowest BCUT2D eigenvalue weighted by Crippen LogP contribution is -2.45. The van der Waals surface area contributed by atoms with Crippen LogP contribution in [0.15, 0.2) is 4.52 Å². The van der Waals surface area contributed by atoms with Gasteiger partial charge in [0.2, 0.25) is 5.89 Å². The summed E-state index contributed by atoms with van der Waals surface area (Å²) in [5.41, 5.74) is 0. The molecule has 0 bridgehead atoms. The van der Waals surface area contributed by atoms with Gasteiger partial charge in [-0.2, -0.15) is 4.98 Å². The number of methoxy groups -OCH3 is 1. The first-order valence-electron chi connectivity index (χ1n) is 5.14. The standard InChI is InChI=1S/C10H15N3O4/c1-5(2)7(10(15)16-4)12-9(14)8-11-6(3)17-13-8/h5,7H,1-4H3,(H,12,14). The van der Waals surface area contributed by atoms with Crippen LogP contribution in [0.2, 0.25) is 0 Å². The van der Waals surface area contributed by atoms with Crippen molar-refractivity contribution in [1.82, 2.24) is 15.5 Å². The highest BCUT2D eigenvalue weighted by Gasteiger charge is 2.26. The minimum absolute atomic E-state index is 0.0978. The highest BCUT2D eigenvalue weighted by atomic mass is 16.5. The van der Waals surface area contributed by atoms with Crippen LogP contribution in [0.5, 0.6) is 0 Å². The van der Waals surface area contributed by atoms with Gasteiger partial charge in [0, 0.05) is 6.92 Å². The number of hydrogen-bond acceptors (Lipinski definition) is 6. The molecule has 0 aliphatic heterocycles. The number of esters is 1. The summed E-state index contributed by atoms with van der Waals surface area (Å²) >= 11 is 0. The Morgan fingerprint density at radius 1 is 1.41 bits per heavy atom. The summed E-state index contributed by atoms with van der Waals surface area (Å²) in [4.78, 5) is 26.9. The van der Waals surface area contributed by atoms with Crippen LogP contribution in [-0.4, -0.2) is 35.2 Å². The quantitative estimate of drug-likeness (QED) is 0.762. The molecule has 1 heterocycles. The van der Waals surface area contributed by atoms with Crippen LogP contribution >= 0.6 is 0 Å². The van der Waals surface area contributed by atoms with Crippen molar-refractivity contribution in [3.63, 3.8) is 0 Å². The van der Waals surface area contributed by atoms with Crippen LogP contribution in [0.4, 0.5) is 0 Å². The topological polar surface area (TPSA) is 94.3 Å². The van der Waals surface area contributed by atoms with Gasteiger partial charge in [0.05, 0.1) is 7.11 Å². The van der Waals surface area contributed by atoms with Crippen molar-refractivity contribution in [1.29, 1.82) is 0 Å². The summed E-state index contributed by atoms with van der Waals surface area (Å²) in [6, 6.07) is -0.730. The fourth-order valence-corrected chi connectivity index (χ4v) is 1.22. The predicted molar refractivity (Wildman–Crippen MR) is 57.1 cm³/mol. The zero-order chi connectivity index (χ0) is 13.0. The molecule has 7 heteroatoms. The fourth-order valence-electron chi connectivity index (χ4n) is 1.22. The second kappa shape index (κ2) is 5.42. The Morgan fingerprint density at radius 3 is 2.47 bits per heavy atom. The molecule has 1 aromatic rings. The van der Waals surface area contributed by atoms with Crippen LogP contribution in [0.3, 0.4) is 0 Å². The van der Waals surface area contributed by atoms with Gasteiger partial charge in [-0.15, -0.1) is 0 Å². The lowest BCUT2D eigenvalue weighted by atomic mass is 10.0. The van der Waals surface area contributed by atoms with Crippen molar-refractivity contribution in [2.75, 3.05) is 7.11 Å². The summed E-state index contributed by atoms with van der Waals surface area (Å²) in [5.74, 6) is -0.981. The summed E-state index contributed by atoms with van der Waals surface area (Å²) < 4.78 is 9.27. The number of aromatic nitrogens is 2. The molecule has 0 aliphatic rings.